The molecule has 0 saturated heterocycles. The summed E-state index contributed by atoms with van der Waals surface area (Å²) < 4.78 is 5.53. The molecule has 0 fully saturated rings. The van der Waals surface area contributed by atoms with Gasteiger partial charge in [0.25, 0.3) is 5.91 Å². The van der Waals surface area contributed by atoms with Crippen molar-refractivity contribution in [3.05, 3.63) is 53.0 Å². The summed E-state index contributed by atoms with van der Waals surface area (Å²) in [6, 6.07) is 13.6. The van der Waals surface area contributed by atoms with Crippen LogP contribution < -0.4 is 10.1 Å². The van der Waals surface area contributed by atoms with Crippen LogP contribution in [0.5, 0.6) is 5.75 Å². The van der Waals surface area contributed by atoms with Crippen LogP contribution in [-0.4, -0.2) is 23.3 Å². The molecule has 0 spiro atoms. The number of rotatable bonds is 5. The molecule has 1 N–H and O–H groups in total. The lowest BCUT2D eigenvalue weighted by molar-refractivity contribution is -0.118. The van der Waals surface area contributed by atoms with E-state index >= 15 is 0 Å². The maximum Gasteiger partial charge on any atom is 0.264 e. The quantitative estimate of drug-likeness (QED) is 0.717. The molecule has 5 nitrogen and oxygen atoms in total. The molecule has 0 saturated carbocycles. The van der Waals surface area contributed by atoms with Crippen molar-refractivity contribution in [3.63, 3.8) is 0 Å². The molecule has 122 valence electrons. The minimum absolute atomic E-state index is 0.0575. The SMILES string of the molecule is CC(=O)c1sc(NC(=O)COc2ccc3ccccc3c2)nc1C. The summed E-state index contributed by atoms with van der Waals surface area (Å²) in [5.41, 5.74) is 0.623. The van der Waals surface area contributed by atoms with Crippen molar-refractivity contribution in [1.82, 2.24) is 4.98 Å². The first-order chi connectivity index (χ1) is 11.5. The summed E-state index contributed by atoms with van der Waals surface area (Å²) in [6.45, 7) is 3.11. The Balaban J connectivity index is 1.62. The van der Waals surface area contributed by atoms with Gasteiger partial charge >= 0.3 is 0 Å². The number of ether oxygens (including phenoxy) is 1. The van der Waals surface area contributed by atoms with Gasteiger partial charge in [-0.05, 0) is 29.8 Å². The lowest BCUT2D eigenvalue weighted by Crippen LogP contribution is -2.20. The molecule has 0 unspecified atom stereocenters. The van der Waals surface area contributed by atoms with E-state index in [1.807, 2.05) is 42.5 Å². The van der Waals surface area contributed by atoms with E-state index in [0.717, 1.165) is 10.8 Å². The Morgan fingerprint density at radius 1 is 1.17 bits per heavy atom. The van der Waals surface area contributed by atoms with Crippen LogP contribution in [0.1, 0.15) is 22.3 Å². The minimum atomic E-state index is -0.313. The number of aryl methyl sites for hydroxylation is 1. The first-order valence-electron chi connectivity index (χ1n) is 7.43. The van der Waals surface area contributed by atoms with E-state index < -0.39 is 0 Å². The third kappa shape index (κ3) is 3.60. The molecule has 0 aliphatic rings. The number of hydrogen-bond donors (Lipinski definition) is 1. The van der Waals surface area contributed by atoms with Gasteiger partial charge in [-0.3, -0.25) is 14.9 Å². The molecule has 0 atom stereocenters. The fourth-order valence-corrected chi connectivity index (χ4v) is 3.22. The molecule has 1 amide bonds. The van der Waals surface area contributed by atoms with Gasteiger partial charge in [0.2, 0.25) is 0 Å². The first kappa shape index (κ1) is 16.1. The van der Waals surface area contributed by atoms with E-state index in [0.29, 0.717) is 21.5 Å². The summed E-state index contributed by atoms with van der Waals surface area (Å²) in [5, 5.41) is 5.23. The van der Waals surface area contributed by atoms with Crippen LogP contribution in [0.2, 0.25) is 0 Å². The van der Waals surface area contributed by atoms with E-state index in [1.54, 1.807) is 6.92 Å². The van der Waals surface area contributed by atoms with Crippen molar-refractivity contribution in [2.75, 3.05) is 11.9 Å². The molecular weight excluding hydrogens is 324 g/mol. The van der Waals surface area contributed by atoms with Crippen molar-refractivity contribution in [2.24, 2.45) is 0 Å². The normalized spacial score (nSPS) is 10.6. The maximum atomic E-state index is 12.0. The number of ketones is 1. The van der Waals surface area contributed by atoms with E-state index in [9.17, 15) is 9.59 Å². The number of anilines is 1. The number of Topliss-reactive ketones (excluding diaryl/α,β-unsaturated/α-hetero) is 1. The van der Waals surface area contributed by atoms with Crippen molar-refractivity contribution >= 4 is 38.9 Å². The molecular formula is C18H16N2O3S. The van der Waals surface area contributed by atoms with Crippen LogP contribution in [0, 0.1) is 6.92 Å². The Hall–Kier alpha value is -2.73. The highest BCUT2D eigenvalue weighted by Gasteiger charge is 2.13. The van der Waals surface area contributed by atoms with Crippen LogP contribution in [-0.2, 0) is 4.79 Å². The number of carbonyl (C=O) groups is 2. The largest absolute Gasteiger partial charge is 0.484 e. The molecule has 0 aliphatic carbocycles. The second-order valence-corrected chi connectivity index (χ2v) is 6.33. The van der Waals surface area contributed by atoms with Crippen molar-refractivity contribution < 1.29 is 14.3 Å². The van der Waals surface area contributed by atoms with Gasteiger partial charge in [-0.15, -0.1) is 0 Å². The monoisotopic (exact) mass is 340 g/mol. The predicted molar refractivity (Wildman–Crippen MR) is 94.9 cm³/mol. The molecule has 2 aromatic carbocycles. The summed E-state index contributed by atoms with van der Waals surface area (Å²) in [6.07, 6.45) is 0. The standard InChI is InChI=1S/C18H16N2O3S/c1-11-17(12(2)21)24-18(19-11)20-16(22)10-23-15-8-7-13-5-3-4-6-14(13)9-15/h3-9H,10H2,1-2H3,(H,19,20,22). The minimum Gasteiger partial charge on any atom is -0.484 e. The van der Waals surface area contributed by atoms with Crippen molar-refractivity contribution in [2.45, 2.75) is 13.8 Å². The zero-order chi connectivity index (χ0) is 17.1. The smallest absolute Gasteiger partial charge is 0.264 e. The van der Waals surface area contributed by atoms with Gasteiger partial charge in [-0.2, -0.15) is 0 Å². The zero-order valence-corrected chi connectivity index (χ0v) is 14.1. The van der Waals surface area contributed by atoms with Gasteiger partial charge in [0, 0.05) is 6.92 Å². The third-order valence-electron chi connectivity index (χ3n) is 3.45. The average molecular weight is 340 g/mol. The van der Waals surface area contributed by atoms with Crippen molar-refractivity contribution in [3.8, 4) is 5.75 Å². The fraction of sp³-hybridized carbons (Fsp3) is 0.167. The molecule has 3 rings (SSSR count). The van der Waals surface area contributed by atoms with Gasteiger partial charge in [0.1, 0.15) is 5.75 Å². The van der Waals surface area contributed by atoms with Crippen LogP contribution in [0.3, 0.4) is 0 Å². The summed E-state index contributed by atoms with van der Waals surface area (Å²) in [5.74, 6) is 0.258. The highest BCUT2D eigenvalue weighted by molar-refractivity contribution is 7.17. The van der Waals surface area contributed by atoms with Crippen LogP contribution in [0.25, 0.3) is 10.8 Å². The van der Waals surface area contributed by atoms with Crippen LogP contribution in [0.15, 0.2) is 42.5 Å². The van der Waals surface area contributed by atoms with Crippen molar-refractivity contribution in [1.29, 1.82) is 0 Å². The lowest BCUT2D eigenvalue weighted by atomic mass is 10.1. The van der Waals surface area contributed by atoms with Gasteiger partial charge in [-0.1, -0.05) is 41.7 Å². The Morgan fingerprint density at radius 3 is 2.62 bits per heavy atom. The number of hydrogen-bond acceptors (Lipinski definition) is 5. The number of benzene rings is 2. The number of nitrogens with zero attached hydrogens (tertiary/aromatic N) is 1. The zero-order valence-electron chi connectivity index (χ0n) is 13.3. The number of fused-ring (bicyclic) bond motifs is 1. The van der Waals surface area contributed by atoms with E-state index in [2.05, 4.69) is 10.3 Å². The average Bonchev–Trinajstić information content (AvgIpc) is 2.93. The maximum absolute atomic E-state index is 12.0. The van der Waals surface area contributed by atoms with Gasteiger partial charge in [0.15, 0.2) is 17.5 Å². The van der Waals surface area contributed by atoms with Crippen LogP contribution >= 0.6 is 11.3 Å². The Kier molecular flexibility index (Phi) is 4.57. The predicted octanol–water partition coefficient (Wildman–Crippen LogP) is 3.82. The Labute approximate surface area is 143 Å². The Bertz CT molecular complexity index is 918. The number of amides is 1. The second-order valence-electron chi connectivity index (χ2n) is 5.34. The molecule has 0 radical (unpaired) electrons. The number of thiazole rings is 1. The Morgan fingerprint density at radius 2 is 1.92 bits per heavy atom. The van der Waals surface area contributed by atoms with E-state index in [4.69, 9.17) is 4.74 Å². The molecule has 6 heteroatoms. The molecule has 1 aromatic heterocycles. The van der Waals surface area contributed by atoms with E-state index in [1.165, 1.54) is 18.3 Å². The fourth-order valence-electron chi connectivity index (χ4n) is 2.34. The summed E-state index contributed by atoms with van der Waals surface area (Å²) in [7, 11) is 0. The number of carbonyl (C=O) groups excluding carboxylic acids is 2. The second kappa shape index (κ2) is 6.80. The first-order valence-corrected chi connectivity index (χ1v) is 8.24. The number of nitrogens with one attached hydrogen (secondary N) is 1. The van der Waals surface area contributed by atoms with Gasteiger partial charge in [-0.25, -0.2) is 4.98 Å². The molecule has 1 heterocycles. The van der Waals surface area contributed by atoms with E-state index in [-0.39, 0.29) is 18.3 Å². The highest BCUT2D eigenvalue weighted by Crippen LogP contribution is 2.23. The summed E-state index contributed by atoms with van der Waals surface area (Å²) >= 11 is 1.17. The molecule has 3 aromatic rings. The molecule has 0 bridgehead atoms. The van der Waals surface area contributed by atoms with Gasteiger partial charge in [0.05, 0.1) is 10.6 Å². The highest BCUT2D eigenvalue weighted by atomic mass is 32.1. The van der Waals surface area contributed by atoms with Gasteiger partial charge < -0.3 is 4.74 Å². The topological polar surface area (TPSA) is 68.3 Å². The van der Waals surface area contributed by atoms with Crippen LogP contribution in [0.4, 0.5) is 5.13 Å². The number of aromatic nitrogens is 1. The lowest BCUT2D eigenvalue weighted by Gasteiger charge is -2.07. The molecule has 0 aliphatic heterocycles. The molecule has 24 heavy (non-hydrogen) atoms. The third-order valence-corrected chi connectivity index (χ3v) is 4.63. The summed E-state index contributed by atoms with van der Waals surface area (Å²) in [4.78, 5) is 28.1.